The van der Waals surface area contributed by atoms with Gasteiger partial charge in [0.2, 0.25) is 5.91 Å². The second kappa shape index (κ2) is 6.02. The van der Waals surface area contributed by atoms with Crippen molar-refractivity contribution in [1.82, 2.24) is 0 Å². The van der Waals surface area contributed by atoms with Crippen molar-refractivity contribution < 1.29 is 4.79 Å². The fourth-order valence-corrected chi connectivity index (χ4v) is 1.39. The zero-order valence-electron chi connectivity index (χ0n) is 9.07. The summed E-state index contributed by atoms with van der Waals surface area (Å²) in [6.45, 7) is 2.08. The van der Waals surface area contributed by atoms with E-state index in [2.05, 4.69) is 6.92 Å². The molecule has 15 heavy (non-hydrogen) atoms. The Hall–Kier alpha value is -1.57. The quantitative estimate of drug-likeness (QED) is 0.734. The largest absolute Gasteiger partial charge is 0.366 e. The van der Waals surface area contributed by atoms with E-state index in [0.29, 0.717) is 12.0 Å². The number of rotatable bonds is 5. The lowest BCUT2D eigenvalue weighted by Gasteiger charge is -2.03. The number of benzene rings is 1. The number of hydrogen-bond donors (Lipinski definition) is 1. The van der Waals surface area contributed by atoms with E-state index in [0.717, 1.165) is 18.4 Å². The van der Waals surface area contributed by atoms with Gasteiger partial charge < -0.3 is 5.73 Å². The number of nitrogens with two attached hydrogens (primary N) is 1. The molecule has 0 unspecified atom stereocenters. The fourth-order valence-electron chi connectivity index (χ4n) is 1.39. The second-order valence-electron chi connectivity index (χ2n) is 3.54. The van der Waals surface area contributed by atoms with E-state index in [-0.39, 0.29) is 5.91 Å². The van der Waals surface area contributed by atoms with Gasteiger partial charge in [-0.1, -0.05) is 49.8 Å². The van der Waals surface area contributed by atoms with Gasteiger partial charge in [-0.15, -0.1) is 0 Å². The first-order valence-corrected chi connectivity index (χ1v) is 5.26. The smallest absolute Gasteiger partial charge is 0.244 e. The molecule has 1 aromatic rings. The molecule has 2 N–H and O–H groups in total. The maximum absolute atomic E-state index is 11.2. The molecular formula is C13H17NO. The predicted octanol–water partition coefficient (Wildman–Crippen LogP) is 2.44. The van der Waals surface area contributed by atoms with Gasteiger partial charge in [0.1, 0.15) is 0 Å². The number of carbonyl (C=O) groups excluding carboxylic acids is 1. The summed E-state index contributed by atoms with van der Waals surface area (Å²) in [4.78, 5) is 11.2. The molecule has 0 aliphatic carbocycles. The molecule has 1 amide bonds. The first-order chi connectivity index (χ1) is 7.24. The highest BCUT2D eigenvalue weighted by Crippen LogP contribution is 2.08. The van der Waals surface area contributed by atoms with Crippen molar-refractivity contribution in [3.8, 4) is 0 Å². The Morgan fingerprint density at radius 1 is 1.33 bits per heavy atom. The summed E-state index contributed by atoms with van der Waals surface area (Å²) in [5.74, 6) is -0.313. The van der Waals surface area contributed by atoms with Crippen molar-refractivity contribution in [3.63, 3.8) is 0 Å². The van der Waals surface area contributed by atoms with Gasteiger partial charge in [-0.25, -0.2) is 0 Å². The Morgan fingerprint density at radius 3 is 2.53 bits per heavy atom. The lowest BCUT2D eigenvalue weighted by molar-refractivity contribution is -0.114. The third kappa shape index (κ3) is 3.98. The predicted molar refractivity (Wildman–Crippen MR) is 62.3 cm³/mol. The van der Waals surface area contributed by atoms with Crippen LogP contribution in [-0.4, -0.2) is 5.91 Å². The van der Waals surface area contributed by atoms with Crippen LogP contribution in [0, 0.1) is 0 Å². The summed E-state index contributed by atoms with van der Waals surface area (Å²) < 4.78 is 0. The number of hydrogen-bond acceptors (Lipinski definition) is 1. The topological polar surface area (TPSA) is 43.1 Å². The molecule has 0 saturated carbocycles. The summed E-state index contributed by atoms with van der Waals surface area (Å²) in [5.41, 5.74) is 7.15. The fraction of sp³-hybridized carbons (Fsp3) is 0.308. The number of allylic oxidation sites excluding steroid dienone is 1. The maximum Gasteiger partial charge on any atom is 0.244 e. The summed E-state index contributed by atoms with van der Waals surface area (Å²) in [6.07, 6.45) is 4.52. The van der Waals surface area contributed by atoms with Crippen LogP contribution in [-0.2, 0) is 11.2 Å². The van der Waals surface area contributed by atoms with E-state index in [1.54, 1.807) is 0 Å². The Balaban J connectivity index is 2.72. The minimum atomic E-state index is -0.313. The molecule has 1 rings (SSSR count). The monoisotopic (exact) mass is 203 g/mol. The summed E-state index contributed by atoms with van der Waals surface area (Å²) in [7, 11) is 0. The van der Waals surface area contributed by atoms with Crippen LogP contribution >= 0.6 is 0 Å². The minimum Gasteiger partial charge on any atom is -0.366 e. The lowest BCUT2D eigenvalue weighted by Crippen LogP contribution is -2.15. The SMILES string of the molecule is CCCC=C(Cc1ccccc1)C(N)=O. The molecule has 0 radical (unpaired) electrons. The van der Waals surface area contributed by atoms with Gasteiger partial charge in [-0.3, -0.25) is 4.79 Å². The molecular weight excluding hydrogens is 186 g/mol. The van der Waals surface area contributed by atoms with E-state index in [1.165, 1.54) is 0 Å². The Bertz CT molecular complexity index is 341. The van der Waals surface area contributed by atoms with Gasteiger partial charge in [-0.05, 0) is 12.0 Å². The normalized spacial score (nSPS) is 11.4. The van der Waals surface area contributed by atoms with Crippen LogP contribution in [0.2, 0.25) is 0 Å². The van der Waals surface area contributed by atoms with Crippen LogP contribution in [0.5, 0.6) is 0 Å². The van der Waals surface area contributed by atoms with E-state index in [1.807, 2.05) is 36.4 Å². The van der Waals surface area contributed by atoms with Gasteiger partial charge >= 0.3 is 0 Å². The van der Waals surface area contributed by atoms with Crippen LogP contribution in [0.4, 0.5) is 0 Å². The summed E-state index contributed by atoms with van der Waals surface area (Å²) in [5, 5.41) is 0. The number of amides is 1. The molecule has 0 atom stereocenters. The van der Waals surface area contributed by atoms with E-state index in [4.69, 9.17) is 5.73 Å². The Kier molecular flexibility index (Phi) is 4.61. The Morgan fingerprint density at radius 2 is 2.00 bits per heavy atom. The second-order valence-corrected chi connectivity index (χ2v) is 3.54. The molecule has 0 bridgehead atoms. The molecule has 0 fully saturated rings. The molecule has 0 spiro atoms. The molecule has 0 saturated heterocycles. The minimum absolute atomic E-state index is 0.313. The van der Waals surface area contributed by atoms with Crippen molar-refractivity contribution in [3.05, 3.63) is 47.5 Å². The van der Waals surface area contributed by atoms with Crippen LogP contribution in [0.3, 0.4) is 0 Å². The molecule has 1 aromatic carbocycles. The molecule has 2 nitrogen and oxygen atoms in total. The van der Waals surface area contributed by atoms with Crippen molar-refractivity contribution in [1.29, 1.82) is 0 Å². The first-order valence-electron chi connectivity index (χ1n) is 5.26. The molecule has 0 aromatic heterocycles. The van der Waals surface area contributed by atoms with Gasteiger partial charge in [0.05, 0.1) is 0 Å². The zero-order valence-corrected chi connectivity index (χ0v) is 9.07. The van der Waals surface area contributed by atoms with Crippen molar-refractivity contribution in [2.24, 2.45) is 5.73 Å². The van der Waals surface area contributed by atoms with Gasteiger partial charge in [0, 0.05) is 12.0 Å². The highest BCUT2D eigenvalue weighted by atomic mass is 16.1. The summed E-state index contributed by atoms with van der Waals surface area (Å²) >= 11 is 0. The van der Waals surface area contributed by atoms with E-state index < -0.39 is 0 Å². The molecule has 0 aliphatic rings. The molecule has 80 valence electrons. The standard InChI is InChI=1S/C13H17NO/c1-2-3-9-12(13(14)15)10-11-7-5-4-6-8-11/h4-9H,2-3,10H2,1H3,(H2,14,15). The van der Waals surface area contributed by atoms with Gasteiger partial charge in [0.15, 0.2) is 0 Å². The van der Waals surface area contributed by atoms with Crippen molar-refractivity contribution in [2.75, 3.05) is 0 Å². The van der Waals surface area contributed by atoms with Crippen LogP contribution < -0.4 is 5.73 Å². The van der Waals surface area contributed by atoms with Gasteiger partial charge in [0.25, 0.3) is 0 Å². The van der Waals surface area contributed by atoms with Crippen LogP contribution in [0.1, 0.15) is 25.3 Å². The highest BCUT2D eigenvalue weighted by molar-refractivity contribution is 5.92. The molecule has 0 heterocycles. The highest BCUT2D eigenvalue weighted by Gasteiger charge is 2.04. The third-order valence-corrected chi connectivity index (χ3v) is 2.23. The van der Waals surface area contributed by atoms with Crippen LogP contribution in [0.25, 0.3) is 0 Å². The third-order valence-electron chi connectivity index (χ3n) is 2.23. The lowest BCUT2D eigenvalue weighted by atomic mass is 10.0. The van der Waals surface area contributed by atoms with Crippen molar-refractivity contribution >= 4 is 5.91 Å². The average Bonchev–Trinajstić information content (AvgIpc) is 2.25. The van der Waals surface area contributed by atoms with Crippen LogP contribution in [0.15, 0.2) is 42.0 Å². The average molecular weight is 203 g/mol. The first kappa shape index (κ1) is 11.5. The van der Waals surface area contributed by atoms with E-state index in [9.17, 15) is 4.79 Å². The number of unbranched alkanes of at least 4 members (excludes halogenated alkanes) is 1. The summed E-state index contributed by atoms with van der Waals surface area (Å²) in [6, 6.07) is 9.90. The van der Waals surface area contributed by atoms with Crippen molar-refractivity contribution in [2.45, 2.75) is 26.2 Å². The number of primary amides is 1. The van der Waals surface area contributed by atoms with Gasteiger partial charge in [-0.2, -0.15) is 0 Å². The van der Waals surface area contributed by atoms with E-state index >= 15 is 0 Å². The zero-order chi connectivity index (χ0) is 11.1. The molecule has 0 aliphatic heterocycles. The number of carbonyl (C=O) groups is 1. The molecule has 2 heteroatoms. The Labute approximate surface area is 90.8 Å². The maximum atomic E-state index is 11.2.